The highest BCUT2D eigenvalue weighted by atomic mass is 35.5. The van der Waals surface area contributed by atoms with Crippen LogP contribution in [0.25, 0.3) is 11.1 Å². The molecule has 1 atom stereocenters. The molecule has 2 aromatic heterocycles. The SMILES string of the molecule is C#Cc1cncc(N)c1-c1cc(Cl)c(C(=O)NC2=CN=CC(Cl)(n3nccn3)C2)cc1F. The number of amides is 1. The second-order valence-corrected chi connectivity index (χ2v) is 7.87. The van der Waals surface area contributed by atoms with E-state index in [2.05, 4.69) is 31.4 Å². The van der Waals surface area contributed by atoms with Gasteiger partial charge in [0, 0.05) is 41.9 Å². The third kappa shape index (κ3) is 3.93. The van der Waals surface area contributed by atoms with E-state index in [-0.39, 0.29) is 33.8 Å². The Morgan fingerprint density at radius 3 is 2.78 bits per heavy atom. The van der Waals surface area contributed by atoms with E-state index in [9.17, 15) is 9.18 Å². The number of hydrogen-bond acceptors (Lipinski definition) is 6. The number of alkyl halides is 1. The normalized spacial score (nSPS) is 17.5. The predicted octanol–water partition coefficient (Wildman–Crippen LogP) is 3.33. The van der Waals surface area contributed by atoms with Gasteiger partial charge in [-0.1, -0.05) is 29.1 Å². The lowest BCUT2D eigenvalue weighted by atomic mass is 9.98. The highest BCUT2D eigenvalue weighted by Crippen LogP contribution is 2.35. The Balaban J connectivity index is 1.61. The minimum atomic E-state index is -1.19. The summed E-state index contributed by atoms with van der Waals surface area (Å²) in [5.74, 6) is 1.05. The second kappa shape index (κ2) is 8.42. The number of benzene rings is 1. The average Bonchev–Trinajstić information content (AvgIpc) is 3.31. The Bertz CT molecular complexity index is 1310. The van der Waals surface area contributed by atoms with Crippen molar-refractivity contribution < 1.29 is 9.18 Å². The molecule has 0 fully saturated rings. The monoisotopic (exact) mass is 469 g/mol. The molecule has 1 unspecified atom stereocenters. The number of anilines is 1. The lowest BCUT2D eigenvalue weighted by Gasteiger charge is -2.25. The molecule has 0 saturated carbocycles. The molecule has 0 aliphatic carbocycles. The maximum atomic E-state index is 15.0. The summed E-state index contributed by atoms with van der Waals surface area (Å²) in [5, 5.41) is 10.7. The number of carbonyl (C=O) groups excluding carboxylic acids is 1. The largest absolute Gasteiger partial charge is 0.397 e. The van der Waals surface area contributed by atoms with Crippen LogP contribution < -0.4 is 11.1 Å². The Hall–Kier alpha value is -3.74. The van der Waals surface area contributed by atoms with Crippen molar-refractivity contribution in [3.05, 3.63) is 70.8 Å². The lowest BCUT2D eigenvalue weighted by molar-refractivity contribution is 0.0963. The van der Waals surface area contributed by atoms with Crippen molar-refractivity contribution in [2.24, 2.45) is 4.99 Å². The molecule has 1 amide bonds. The summed E-state index contributed by atoms with van der Waals surface area (Å²) in [5.41, 5.74) is 7.05. The molecule has 4 rings (SSSR count). The summed E-state index contributed by atoms with van der Waals surface area (Å²) < 4.78 is 15.0. The molecule has 1 aromatic carbocycles. The maximum absolute atomic E-state index is 15.0. The van der Waals surface area contributed by atoms with Gasteiger partial charge in [0.1, 0.15) is 5.82 Å². The molecule has 0 bridgehead atoms. The van der Waals surface area contributed by atoms with E-state index in [4.69, 9.17) is 35.4 Å². The summed E-state index contributed by atoms with van der Waals surface area (Å²) in [6, 6.07) is 2.31. The third-order valence-electron chi connectivity index (χ3n) is 4.67. The van der Waals surface area contributed by atoms with Gasteiger partial charge in [-0.25, -0.2) is 4.39 Å². The predicted molar refractivity (Wildman–Crippen MR) is 119 cm³/mol. The lowest BCUT2D eigenvalue weighted by Crippen LogP contribution is -2.37. The first-order valence-electron chi connectivity index (χ1n) is 9.12. The van der Waals surface area contributed by atoms with Gasteiger partial charge in [-0.05, 0) is 12.1 Å². The quantitative estimate of drug-likeness (QED) is 0.449. The summed E-state index contributed by atoms with van der Waals surface area (Å²) in [6.45, 7) is 0. The van der Waals surface area contributed by atoms with Crippen molar-refractivity contribution in [2.75, 3.05) is 5.73 Å². The van der Waals surface area contributed by atoms with Crippen LogP contribution in [0.3, 0.4) is 0 Å². The van der Waals surface area contributed by atoms with Crippen molar-refractivity contribution in [1.29, 1.82) is 0 Å². The van der Waals surface area contributed by atoms with Crippen LogP contribution in [0, 0.1) is 18.2 Å². The van der Waals surface area contributed by atoms with Crippen molar-refractivity contribution >= 4 is 41.0 Å². The Morgan fingerprint density at radius 2 is 2.06 bits per heavy atom. The Labute approximate surface area is 192 Å². The van der Waals surface area contributed by atoms with Crippen molar-refractivity contribution in [1.82, 2.24) is 25.3 Å². The van der Waals surface area contributed by atoms with Crippen LogP contribution in [0.1, 0.15) is 22.3 Å². The highest BCUT2D eigenvalue weighted by molar-refractivity contribution is 6.34. The molecular weight excluding hydrogens is 456 g/mol. The highest BCUT2D eigenvalue weighted by Gasteiger charge is 2.33. The number of carbonyl (C=O) groups is 1. The average molecular weight is 470 g/mol. The number of nitrogens with one attached hydrogen (secondary N) is 1. The topological polar surface area (TPSA) is 111 Å². The summed E-state index contributed by atoms with van der Waals surface area (Å²) in [4.78, 5) is 20.9. The molecule has 160 valence electrons. The number of aliphatic imine (C=N–C) groups is 1. The van der Waals surface area contributed by atoms with E-state index in [0.717, 1.165) is 6.07 Å². The van der Waals surface area contributed by atoms with Crippen molar-refractivity contribution in [2.45, 2.75) is 11.4 Å². The molecule has 3 N–H and O–H groups in total. The van der Waals surface area contributed by atoms with E-state index in [1.165, 1.54) is 48.1 Å². The molecule has 3 heterocycles. The van der Waals surface area contributed by atoms with Crippen LogP contribution in [-0.4, -0.2) is 32.1 Å². The number of allylic oxidation sites excluding steroid dienone is 1. The summed E-state index contributed by atoms with van der Waals surface area (Å²) in [7, 11) is 0. The number of terminal acetylenes is 1. The van der Waals surface area contributed by atoms with Crippen LogP contribution in [-0.2, 0) is 5.00 Å². The zero-order valence-electron chi connectivity index (χ0n) is 16.3. The first-order valence-corrected chi connectivity index (χ1v) is 9.88. The van der Waals surface area contributed by atoms with Crippen LogP contribution in [0.5, 0.6) is 0 Å². The van der Waals surface area contributed by atoms with Gasteiger partial charge in [-0.2, -0.15) is 15.0 Å². The van der Waals surface area contributed by atoms with Gasteiger partial charge in [0.15, 0.2) is 5.00 Å². The van der Waals surface area contributed by atoms with Gasteiger partial charge in [0.25, 0.3) is 5.91 Å². The maximum Gasteiger partial charge on any atom is 0.257 e. The molecular formula is C21H14Cl2FN7O. The van der Waals surface area contributed by atoms with Gasteiger partial charge in [-0.15, -0.1) is 6.42 Å². The molecule has 0 spiro atoms. The Kier molecular flexibility index (Phi) is 5.65. The first kappa shape index (κ1) is 21.5. The molecule has 0 radical (unpaired) electrons. The van der Waals surface area contributed by atoms with E-state index >= 15 is 0 Å². The Morgan fingerprint density at radius 1 is 1.31 bits per heavy atom. The number of nitrogens with two attached hydrogens (primary N) is 1. The minimum Gasteiger partial charge on any atom is -0.397 e. The molecule has 3 aromatic rings. The van der Waals surface area contributed by atoms with Gasteiger partial charge in [-0.3, -0.25) is 14.8 Å². The van der Waals surface area contributed by atoms with E-state index < -0.39 is 16.7 Å². The summed E-state index contributed by atoms with van der Waals surface area (Å²) in [6.07, 6.45) is 14.2. The number of halogens is 3. The number of pyridine rings is 1. The zero-order valence-corrected chi connectivity index (χ0v) is 17.8. The fraction of sp³-hybridized carbons (Fsp3) is 0.0952. The van der Waals surface area contributed by atoms with Gasteiger partial charge in [0.05, 0.1) is 40.4 Å². The standard InChI is InChI=1S/C21H14Cl2FN7O/c1-2-12-8-26-10-18(25)19(12)15-5-16(22)14(6-17(15)24)20(32)30-13-7-21(23,11-27-9-13)31-28-3-4-29-31/h1,3-6,8-11H,7,25H2,(H,30,32). The minimum absolute atomic E-state index is 0.00359. The van der Waals surface area contributed by atoms with E-state index in [1.807, 2.05) is 0 Å². The fourth-order valence-electron chi connectivity index (χ4n) is 3.22. The first-order chi connectivity index (χ1) is 15.3. The molecule has 11 heteroatoms. The smallest absolute Gasteiger partial charge is 0.257 e. The summed E-state index contributed by atoms with van der Waals surface area (Å²) >= 11 is 12.8. The van der Waals surface area contributed by atoms with Gasteiger partial charge in [0.2, 0.25) is 0 Å². The number of hydrogen-bond donors (Lipinski definition) is 2. The number of nitrogens with zero attached hydrogens (tertiary/aromatic N) is 5. The van der Waals surface area contributed by atoms with Crippen LogP contribution in [0.15, 0.2) is 53.8 Å². The van der Waals surface area contributed by atoms with Crippen LogP contribution in [0.2, 0.25) is 5.02 Å². The van der Waals surface area contributed by atoms with Crippen LogP contribution >= 0.6 is 23.2 Å². The van der Waals surface area contributed by atoms with E-state index in [1.54, 1.807) is 0 Å². The number of rotatable bonds is 4. The molecule has 1 aliphatic rings. The molecule has 0 saturated heterocycles. The number of aromatic nitrogens is 4. The fourth-order valence-corrected chi connectivity index (χ4v) is 3.76. The zero-order chi connectivity index (χ0) is 22.9. The van der Waals surface area contributed by atoms with Crippen LogP contribution in [0.4, 0.5) is 10.1 Å². The van der Waals surface area contributed by atoms with Crippen molar-refractivity contribution in [3.8, 4) is 23.5 Å². The molecule has 1 aliphatic heterocycles. The number of nitrogen functional groups attached to an aromatic ring is 1. The van der Waals surface area contributed by atoms with Gasteiger partial charge >= 0.3 is 0 Å². The molecule has 8 nitrogen and oxygen atoms in total. The van der Waals surface area contributed by atoms with Gasteiger partial charge < -0.3 is 11.1 Å². The van der Waals surface area contributed by atoms with E-state index in [0.29, 0.717) is 11.3 Å². The third-order valence-corrected chi connectivity index (χ3v) is 5.36. The second-order valence-electron chi connectivity index (χ2n) is 6.81. The molecule has 32 heavy (non-hydrogen) atoms. The van der Waals surface area contributed by atoms with Crippen molar-refractivity contribution in [3.63, 3.8) is 0 Å².